The van der Waals surface area contributed by atoms with Gasteiger partial charge in [0.05, 0.1) is 12.6 Å². The summed E-state index contributed by atoms with van der Waals surface area (Å²) in [7, 11) is 1.63. The number of carboxylic acids is 1. The first kappa shape index (κ1) is 17.0. The Balaban J connectivity index is 2.36. The Kier molecular flexibility index (Phi) is 6.68. The van der Waals surface area contributed by atoms with Gasteiger partial charge in [-0.05, 0) is 25.0 Å². The summed E-state index contributed by atoms with van der Waals surface area (Å²) < 4.78 is 5.61. The molecule has 0 aliphatic heterocycles. The number of aliphatic carboxylic acids is 1. The summed E-state index contributed by atoms with van der Waals surface area (Å²) >= 11 is 0. The molecule has 6 nitrogen and oxygen atoms in total. The predicted octanol–water partition coefficient (Wildman–Crippen LogP) is 1.02. The molecule has 0 saturated heterocycles. The van der Waals surface area contributed by atoms with E-state index in [0.29, 0.717) is 13.2 Å². The van der Waals surface area contributed by atoms with Crippen LogP contribution in [0.15, 0.2) is 24.3 Å². The molecule has 0 heterocycles. The highest BCUT2D eigenvalue weighted by Crippen LogP contribution is 2.15. The molecule has 0 aliphatic carbocycles. The van der Waals surface area contributed by atoms with Crippen LogP contribution in [0.3, 0.4) is 0 Å². The maximum Gasteiger partial charge on any atom is 0.303 e. The molecule has 1 rings (SSSR count). The maximum atomic E-state index is 11.9. The van der Waals surface area contributed by atoms with Crippen LogP contribution in [0.1, 0.15) is 18.4 Å². The Morgan fingerprint density at radius 3 is 2.67 bits per heavy atom. The summed E-state index contributed by atoms with van der Waals surface area (Å²) in [4.78, 5) is 23.8. The summed E-state index contributed by atoms with van der Waals surface area (Å²) in [5, 5.41) is 8.58. The smallest absolute Gasteiger partial charge is 0.303 e. The minimum atomic E-state index is -0.955. The van der Waals surface area contributed by atoms with Crippen LogP contribution in [0, 0.1) is 6.92 Å². The molecular weight excluding hydrogens is 272 g/mol. The second-order valence-electron chi connectivity index (χ2n) is 4.91. The summed E-state index contributed by atoms with van der Waals surface area (Å²) in [5.41, 5.74) is 6.71. The molecule has 0 spiro atoms. The van der Waals surface area contributed by atoms with Crippen LogP contribution in [0.4, 0.5) is 0 Å². The van der Waals surface area contributed by atoms with Gasteiger partial charge in [-0.15, -0.1) is 0 Å². The number of rotatable bonds is 8. The highest BCUT2D eigenvalue weighted by molar-refractivity contribution is 5.82. The molecule has 0 bridgehead atoms. The summed E-state index contributed by atoms with van der Waals surface area (Å²) in [6, 6.07) is 6.85. The van der Waals surface area contributed by atoms with Gasteiger partial charge in [-0.2, -0.15) is 0 Å². The molecule has 1 amide bonds. The Bertz CT molecular complexity index is 490. The van der Waals surface area contributed by atoms with Gasteiger partial charge in [0.2, 0.25) is 5.91 Å². The van der Waals surface area contributed by atoms with E-state index in [2.05, 4.69) is 0 Å². The van der Waals surface area contributed by atoms with Gasteiger partial charge in [0.25, 0.3) is 0 Å². The average Bonchev–Trinajstić information content (AvgIpc) is 2.45. The van der Waals surface area contributed by atoms with Crippen molar-refractivity contribution in [2.45, 2.75) is 25.8 Å². The molecule has 21 heavy (non-hydrogen) atoms. The fourth-order valence-corrected chi connectivity index (χ4v) is 1.81. The van der Waals surface area contributed by atoms with Gasteiger partial charge in [-0.1, -0.05) is 18.2 Å². The second kappa shape index (κ2) is 8.26. The van der Waals surface area contributed by atoms with Crippen molar-refractivity contribution < 1.29 is 19.4 Å². The van der Waals surface area contributed by atoms with E-state index in [4.69, 9.17) is 15.6 Å². The first-order chi connectivity index (χ1) is 9.91. The lowest BCUT2D eigenvalue weighted by atomic mass is 10.1. The number of para-hydroxylation sites is 1. The quantitative estimate of drug-likeness (QED) is 0.747. The number of carbonyl (C=O) groups excluding carboxylic acids is 1. The zero-order chi connectivity index (χ0) is 15.8. The van der Waals surface area contributed by atoms with Crippen LogP contribution in [0.2, 0.25) is 0 Å². The number of aryl methyl sites for hydroxylation is 1. The number of hydrogen-bond acceptors (Lipinski definition) is 4. The standard InChI is InChI=1S/C15H22N2O4/c1-11-5-3-4-6-13(11)21-10-9-17(2)15(20)12(16)7-8-14(18)19/h3-6,12H,7-10,16H2,1-2H3,(H,18,19). The molecule has 0 fully saturated rings. The van der Waals surface area contributed by atoms with Crippen molar-refractivity contribution in [2.24, 2.45) is 5.73 Å². The first-order valence-electron chi connectivity index (χ1n) is 6.82. The van der Waals surface area contributed by atoms with Gasteiger partial charge in [0.1, 0.15) is 12.4 Å². The Labute approximate surface area is 124 Å². The summed E-state index contributed by atoms with van der Waals surface area (Å²) in [6.07, 6.45) is 0.0254. The number of nitrogens with zero attached hydrogens (tertiary/aromatic N) is 1. The van der Waals surface area contributed by atoms with Gasteiger partial charge < -0.3 is 20.5 Å². The summed E-state index contributed by atoms with van der Waals surface area (Å²) in [5.74, 6) is -0.443. The lowest BCUT2D eigenvalue weighted by molar-refractivity contribution is -0.137. The highest BCUT2D eigenvalue weighted by atomic mass is 16.5. The van der Waals surface area contributed by atoms with Crippen LogP contribution < -0.4 is 10.5 Å². The normalized spacial score (nSPS) is 11.8. The molecule has 6 heteroatoms. The number of ether oxygens (including phenoxy) is 1. The van der Waals surface area contributed by atoms with Crippen molar-refractivity contribution in [3.63, 3.8) is 0 Å². The largest absolute Gasteiger partial charge is 0.491 e. The topological polar surface area (TPSA) is 92.9 Å². The Morgan fingerprint density at radius 2 is 2.05 bits per heavy atom. The van der Waals surface area contributed by atoms with Gasteiger partial charge in [-0.3, -0.25) is 9.59 Å². The number of likely N-dealkylation sites (N-methyl/N-ethyl adjacent to an activating group) is 1. The van der Waals surface area contributed by atoms with Crippen molar-refractivity contribution in [2.75, 3.05) is 20.2 Å². The molecule has 0 aromatic heterocycles. The number of carbonyl (C=O) groups is 2. The van der Waals surface area contributed by atoms with Crippen LogP contribution >= 0.6 is 0 Å². The van der Waals surface area contributed by atoms with E-state index >= 15 is 0 Å². The number of hydrogen-bond donors (Lipinski definition) is 2. The number of nitrogens with two attached hydrogens (primary N) is 1. The third kappa shape index (κ3) is 5.83. The van der Waals surface area contributed by atoms with E-state index in [1.807, 2.05) is 31.2 Å². The lowest BCUT2D eigenvalue weighted by Crippen LogP contribution is -2.43. The molecule has 1 unspecified atom stereocenters. The van der Waals surface area contributed by atoms with Crippen molar-refractivity contribution >= 4 is 11.9 Å². The number of carboxylic acid groups (broad SMARTS) is 1. The predicted molar refractivity (Wildman–Crippen MR) is 79.2 cm³/mol. The molecule has 0 saturated carbocycles. The van der Waals surface area contributed by atoms with E-state index in [1.54, 1.807) is 7.05 Å². The van der Waals surface area contributed by atoms with Gasteiger partial charge in [0.15, 0.2) is 0 Å². The minimum absolute atomic E-state index is 0.111. The number of amides is 1. The van der Waals surface area contributed by atoms with E-state index in [9.17, 15) is 9.59 Å². The van der Waals surface area contributed by atoms with E-state index in [-0.39, 0.29) is 18.7 Å². The summed E-state index contributed by atoms with van der Waals surface area (Å²) in [6.45, 7) is 2.71. The van der Waals surface area contributed by atoms with Crippen molar-refractivity contribution in [1.29, 1.82) is 0 Å². The third-order valence-corrected chi connectivity index (χ3v) is 3.14. The molecule has 0 radical (unpaired) electrons. The van der Waals surface area contributed by atoms with E-state index in [1.165, 1.54) is 4.90 Å². The Hall–Kier alpha value is -2.08. The molecule has 0 aliphatic rings. The molecule has 1 aromatic rings. The average molecular weight is 294 g/mol. The molecule has 116 valence electrons. The maximum absolute atomic E-state index is 11.9. The zero-order valence-electron chi connectivity index (χ0n) is 12.4. The van der Waals surface area contributed by atoms with Crippen molar-refractivity contribution in [1.82, 2.24) is 4.90 Å². The molecular formula is C15H22N2O4. The monoisotopic (exact) mass is 294 g/mol. The molecule has 1 aromatic carbocycles. The SMILES string of the molecule is Cc1ccccc1OCCN(C)C(=O)C(N)CCC(=O)O. The first-order valence-corrected chi connectivity index (χ1v) is 6.82. The lowest BCUT2D eigenvalue weighted by Gasteiger charge is -2.21. The van der Waals surface area contributed by atoms with Crippen LogP contribution in [-0.4, -0.2) is 48.1 Å². The van der Waals surface area contributed by atoms with Gasteiger partial charge in [0, 0.05) is 13.5 Å². The fraction of sp³-hybridized carbons (Fsp3) is 0.467. The van der Waals surface area contributed by atoms with Crippen LogP contribution in [0.5, 0.6) is 5.75 Å². The number of benzene rings is 1. The Morgan fingerprint density at radius 1 is 1.38 bits per heavy atom. The van der Waals surface area contributed by atoms with Crippen LogP contribution in [-0.2, 0) is 9.59 Å². The van der Waals surface area contributed by atoms with E-state index in [0.717, 1.165) is 11.3 Å². The van der Waals surface area contributed by atoms with Crippen molar-refractivity contribution in [3.05, 3.63) is 29.8 Å². The fourth-order valence-electron chi connectivity index (χ4n) is 1.81. The highest BCUT2D eigenvalue weighted by Gasteiger charge is 2.18. The van der Waals surface area contributed by atoms with Crippen LogP contribution in [0.25, 0.3) is 0 Å². The molecule has 1 atom stereocenters. The van der Waals surface area contributed by atoms with Crippen molar-refractivity contribution in [3.8, 4) is 5.75 Å². The zero-order valence-corrected chi connectivity index (χ0v) is 12.4. The van der Waals surface area contributed by atoms with Gasteiger partial charge in [-0.25, -0.2) is 0 Å². The van der Waals surface area contributed by atoms with E-state index < -0.39 is 12.0 Å². The van der Waals surface area contributed by atoms with Gasteiger partial charge >= 0.3 is 5.97 Å². The molecule has 3 N–H and O–H groups in total. The third-order valence-electron chi connectivity index (χ3n) is 3.14. The minimum Gasteiger partial charge on any atom is -0.491 e. The second-order valence-corrected chi connectivity index (χ2v) is 4.91.